The molecule has 24 heavy (non-hydrogen) atoms. The smallest absolute Gasteiger partial charge is 0.200 e. The third-order valence-electron chi connectivity index (χ3n) is 3.89. The molecule has 7 nitrogen and oxygen atoms in total. The average Bonchev–Trinajstić information content (AvgIpc) is 3.06. The average molecular weight is 322 g/mol. The van der Waals surface area contributed by atoms with Gasteiger partial charge in [0.05, 0.1) is 20.4 Å². The second-order valence-corrected chi connectivity index (χ2v) is 5.22. The highest BCUT2D eigenvalue weighted by Gasteiger charge is 2.17. The molecule has 0 aliphatic rings. The van der Waals surface area contributed by atoms with Crippen LogP contribution in [0.15, 0.2) is 42.6 Å². The number of phenols is 1. The van der Waals surface area contributed by atoms with Crippen LogP contribution in [0.25, 0.3) is 27.8 Å². The first-order chi connectivity index (χ1) is 11.7. The Hall–Kier alpha value is -3.35. The summed E-state index contributed by atoms with van der Waals surface area (Å²) in [6.07, 6.45) is 1.77. The number of hydrogen-bond acceptors (Lipinski definition) is 6. The molecule has 0 unspecified atom stereocenters. The number of methoxy groups -OCH3 is 2. The molecule has 2 heterocycles. The summed E-state index contributed by atoms with van der Waals surface area (Å²) >= 11 is 0. The second-order valence-electron chi connectivity index (χ2n) is 5.22. The quantitative estimate of drug-likeness (QED) is 0.624. The van der Waals surface area contributed by atoms with Gasteiger partial charge in [-0.3, -0.25) is 0 Å². The van der Waals surface area contributed by atoms with Gasteiger partial charge in [0, 0.05) is 16.3 Å². The first kappa shape index (κ1) is 14.3. The van der Waals surface area contributed by atoms with Crippen LogP contribution in [0, 0.1) is 0 Å². The van der Waals surface area contributed by atoms with E-state index in [0.717, 1.165) is 10.8 Å². The molecule has 7 heteroatoms. The Labute approximate surface area is 137 Å². The van der Waals surface area contributed by atoms with Crippen molar-refractivity contribution in [2.45, 2.75) is 0 Å². The van der Waals surface area contributed by atoms with Gasteiger partial charge in [-0.15, -0.1) is 10.2 Å². The van der Waals surface area contributed by atoms with E-state index < -0.39 is 0 Å². The number of benzene rings is 2. The normalized spacial score (nSPS) is 11.1. The number of rotatable bonds is 3. The van der Waals surface area contributed by atoms with E-state index in [9.17, 15) is 5.11 Å². The molecule has 0 fully saturated rings. The molecular formula is C17H14N4O3. The van der Waals surface area contributed by atoms with Gasteiger partial charge in [-0.2, -0.15) is 9.61 Å². The number of aromatic nitrogens is 4. The van der Waals surface area contributed by atoms with Crippen LogP contribution in [0.3, 0.4) is 0 Å². The standard InChI is InChI=1S/C17H14N4O3/c1-23-13-7-11(8-14(24-2)15(13)22)16-19-20-17-12-6-4-3-5-10(12)9-18-21(16)17/h3-9,22H,1-2H3. The van der Waals surface area contributed by atoms with Crippen LogP contribution in [0.5, 0.6) is 17.2 Å². The molecule has 4 rings (SSSR count). The maximum atomic E-state index is 10.1. The van der Waals surface area contributed by atoms with Crippen molar-refractivity contribution in [1.82, 2.24) is 19.8 Å². The van der Waals surface area contributed by atoms with Gasteiger partial charge >= 0.3 is 0 Å². The maximum Gasteiger partial charge on any atom is 0.200 e. The van der Waals surface area contributed by atoms with E-state index in [0.29, 0.717) is 28.5 Å². The molecule has 120 valence electrons. The Bertz CT molecular complexity index is 1030. The lowest BCUT2D eigenvalue weighted by Crippen LogP contribution is -1.97. The monoisotopic (exact) mass is 322 g/mol. The summed E-state index contributed by atoms with van der Waals surface area (Å²) in [7, 11) is 2.96. The zero-order chi connectivity index (χ0) is 16.7. The van der Waals surface area contributed by atoms with Crippen molar-refractivity contribution in [2.75, 3.05) is 14.2 Å². The highest BCUT2D eigenvalue weighted by atomic mass is 16.5. The summed E-state index contributed by atoms with van der Waals surface area (Å²) in [5, 5.41) is 25.0. The molecule has 0 aliphatic heterocycles. The molecule has 4 aromatic rings. The first-order valence-electron chi connectivity index (χ1n) is 7.27. The number of hydrogen-bond donors (Lipinski definition) is 1. The molecule has 0 atom stereocenters. The van der Waals surface area contributed by atoms with Crippen LogP contribution in [-0.4, -0.2) is 39.1 Å². The fourth-order valence-electron chi connectivity index (χ4n) is 2.69. The molecule has 0 radical (unpaired) electrons. The fourth-order valence-corrected chi connectivity index (χ4v) is 2.69. The maximum absolute atomic E-state index is 10.1. The number of aromatic hydroxyl groups is 1. The predicted molar refractivity (Wildman–Crippen MR) is 88.5 cm³/mol. The lowest BCUT2D eigenvalue weighted by atomic mass is 10.1. The third kappa shape index (κ3) is 2.02. The van der Waals surface area contributed by atoms with Gasteiger partial charge in [0.25, 0.3) is 0 Å². The van der Waals surface area contributed by atoms with E-state index >= 15 is 0 Å². The lowest BCUT2D eigenvalue weighted by molar-refractivity contribution is 0.340. The summed E-state index contributed by atoms with van der Waals surface area (Å²) in [5.74, 6) is 1.06. The van der Waals surface area contributed by atoms with Gasteiger partial charge in [-0.05, 0) is 12.1 Å². The number of ether oxygens (including phenoxy) is 2. The van der Waals surface area contributed by atoms with E-state index in [2.05, 4.69) is 15.3 Å². The molecular weight excluding hydrogens is 308 g/mol. The van der Waals surface area contributed by atoms with Gasteiger partial charge in [-0.1, -0.05) is 24.3 Å². The Morgan fingerprint density at radius 3 is 2.42 bits per heavy atom. The summed E-state index contributed by atoms with van der Waals surface area (Å²) in [6, 6.07) is 11.2. The highest BCUT2D eigenvalue weighted by Crippen LogP contribution is 2.40. The van der Waals surface area contributed by atoms with Crippen molar-refractivity contribution in [3.8, 4) is 28.6 Å². The Kier molecular flexibility index (Phi) is 3.19. The van der Waals surface area contributed by atoms with Gasteiger partial charge in [-0.25, -0.2) is 0 Å². The van der Waals surface area contributed by atoms with Crippen molar-refractivity contribution < 1.29 is 14.6 Å². The van der Waals surface area contributed by atoms with Gasteiger partial charge in [0.2, 0.25) is 5.75 Å². The van der Waals surface area contributed by atoms with Crippen molar-refractivity contribution >= 4 is 16.4 Å². The summed E-state index contributed by atoms with van der Waals surface area (Å²) in [6.45, 7) is 0. The van der Waals surface area contributed by atoms with Crippen molar-refractivity contribution in [2.24, 2.45) is 0 Å². The SMILES string of the molecule is COc1cc(-c2nnc3c4ccccc4cnn23)cc(OC)c1O. The molecule has 0 spiro atoms. The number of nitrogens with zero attached hydrogens (tertiary/aromatic N) is 4. The lowest BCUT2D eigenvalue weighted by Gasteiger charge is -2.10. The van der Waals surface area contributed by atoms with E-state index in [1.165, 1.54) is 14.2 Å². The minimum absolute atomic E-state index is 0.0593. The molecule has 2 aromatic heterocycles. The molecule has 0 bridgehead atoms. The zero-order valence-electron chi connectivity index (χ0n) is 13.1. The first-order valence-corrected chi connectivity index (χ1v) is 7.27. The Balaban J connectivity index is 1.99. The van der Waals surface area contributed by atoms with E-state index in [4.69, 9.17) is 9.47 Å². The minimum atomic E-state index is -0.0593. The molecule has 0 saturated heterocycles. The van der Waals surface area contributed by atoms with Crippen LogP contribution < -0.4 is 9.47 Å². The largest absolute Gasteiger partial charge is 0.502 e. The van der Waals surface area contributed by atoms with E-state index in [1.807, 2.05) is 24.3 Å². The van der Waals surface area contributed by atoms with Gasteiger partial charge in [0.15, 0.2) is 23.0 Å². The summed E-state index contributed by atoms with van der Waals surface area (Å²) < 4.78 is 12.1. The second kappa shape index (κ2) is 5.38. The van der Waals surface area contributed by atoms with Crippen LogP contribution in [0.1, 0.15) is 0 Å². The molecule has 1 N–H and O–H groups in total. The van der Waals surface area contributed by atoms with Crippen LogP contribution >= 0.6 is 0 Å². The molecule has 0 saturated carbocycles. The van der Waals surface area contributed by atoms with Gasteiger partial charge < -0.3 is 14.6 Å². The van der Waals surface area contributed by atoms with E-state index in [1.54, 1.807) is 22.8 Å². The fraction of sp³-hybridized carbons (Fsp3) is 0.118. The zero-order valence-corrected chi connectivity index (χ0v) is 13.1. The van der Waals surface area contributed by atoms with Crippen molar-refractivity contribution in [3.05, 3.63) is 42.6 Å². The van der Waals surface area contributed by atoms with Crippen molar-refractivity contribution in [1.29, 1.82) is 0 Å². The van der Waals surface area contributed by atoms with E-state index in [-0.39, 0.29) is 5.75 Å². The predicted octanol–water partition coefficient (Wildman–Crippen LogP) is 2.67. The summed E-state index contributed by atoms with van der Waals surface area (Å²) in [5.41, 5.74) is 1.34. The van der Waals surface area contributed by atoms with Gasteiger partial charge in [0.1, 0.15) is 0 Å². The summed E-state index contributed by atoms with van der Waals surface area (Å²) in [4.78, 5) is 0. The highest BCUT2D eigenvalue weighted by molar-refractivity contribution is 5.93. The van der Waals surface area contributed by atoms with Crippen LogP contribution in [0.2, 0.25) is 0 Å². The number of fused-ring (bicyclic) bond motifs is 3. The number of phenolic OH excluding ortho intramolecular Hbond substituents is 1. The van der Waals surface area contributed by atoms with Crippen LogP contribution in [0.4, 0.5) is 0 Å². The van der Waals surface area contributed by atoms with Crippen molar-refractivity contribution in [3.63, 3.8) is 0 Å². The Morgan fingerprint density at radius 2 is 1.71 bits per heavy atom. The molecule has 0 aliphatic carbocycles. The topological polar surface area (TPSA) is 81.8 Å². The Morgan fingerprint density at radius 1 is 1.00 bits per heavy atom. The molecule has 2 aromatic carbocycles. The van der Waals surface area contributed by atoms with Crippen LogP contribution in [-0.2, 0) is 0 Å². The molecule has 0 amide bonds. The minimum Gasteiger partial charge on any atom is -0.502 e. The third-order valence-corrected chi connectivity index (χ3v) is 3.89.